The number of nitrogens with two attached hydrogens (primary N) is 1. The van der Waals surface area contributed by atoms with Crippen LogP contribution in [0.5, 0.6) is 11.5 Å². The number of nitrogens with one attached hydrogen (secondary N) is 2. The molecule has 0 aliphatic carbocycles. The first-order valence-electron chi connectivity index (χ1n) is 8.48. The van der Waals surface area contributed by atoms with Crippen LogP contribution in [0.2, 0.25) is 5.02 Å². The first-order chi connectivity index (χ1) is 13.0. The SMILES string of the molecule is NC(=O)N[C@H](CC(=O)NC[C@H]1COc2ccccc2O1)c1ccccc1Cl. The van der Waals surface area contributed by atoms with Crippen LogP contribution in [0.1, 0.15) is 18.0 Å². The Kier molecular flexibility index (Phi) is 6.03. The molecule has 8 heteroatoms. The largest absolute Gasteiger partial charge is 0.486 e. The molecule has 1 heterocycles. The van der Waals surface area contributed by atoms with Crippen molar-refractivity contribution in [2.24, 2.45) is 5.73 Å². The van der Waals surface area contributed by atoms with E-state index in [-0.39, 0.29) is 25.0 Å². The zero-order chi connectivity index (χ0) is 19.2. The van der Waals surface area contributed by atoms with Crippen LogP contribution >= 0.6 is 11.6 Å². The van der Waals surface area contributed by atoms with Crippen molar-refractivity contribution in [2.45, 2.75) is 18.6 Å². The van der Waals surface area contributed by atoms with Crippen LogP contribution in [0.4, 0.5) is 4.79 Å². The Balaban J connectivity index is 1.57. The third-order valence-corrected chi connectivity index (χ3v) is 4.43. The number of benzene rings is 2. The number of urea groups is 1. The van der Waals surface area contributed by atoms with Crippen LogP contribution < -0.4 is 25.8 Å². The van der Waals surface area contributed by atoms with E-state index >= 15 is 0 Å². The zero-order valence-electron chi connectivity index (χ0n) is 14.5. The number of primary amides is 1. The minimum absolute atomic E-state index is 0.00314. The normalized spacial score (nSPS) is 16.3. The lowest BCUT2D eigenvalue weighted by atomic mass is 10.0. The molecule has 1 aliphatic heterocycles. The molecule has 0 radical (unpaired) electrons. The van der Waals surface area contributed by atoms with Crippen LogP contribution in [0, 0.1) is 0 Å². The molecular weight excluding hydrogens is 370 g/mol. The number of para-hydroxylation sites is 2. The van der Waals surface area contributed by atoms with E-state index in [0.29, 0.717) is 28.7 Å². The highest BCUT2D eigenvalue weighted by Crippen LogP contribution is 2.30. The van der Waals surface area contributed by atoms with Gasteiger partial charge in [-0.15, -0.1) is 0 Å². The second-order valence-electron chi connectivity index (χ2n) is 6.09. The molecule has 0 bridgehead atoms. The van der Waals surface area contributed by atoms with E-state index in [1.807, 2.05) is 24.3 Å². The number of fused-ring (bicyclic) bond motifs is 1. The molecule has 7 nitrogen and oxygen atoms in total. The summed E-state index contributed by atoms with van der Waals surface area (Å²) in [6.07, 6.45) is -0.302. The van der Waals surface area contributed by atoms with Crippen LogP contribution in [-0.4, -0.2) is 31.2 Å². The fourth-order valence-corrected chi connectivity index (χ4v) is 3.08. The van der Waals surface area contributed by atoms with E-state index in [4.69, 9.17) is 26.8 Å². The highest BCUT2D eigenvalue weighted by atomic mass is 35.5. The van der Waals surface area contributed by atoms with Gasteiger partial charge >= 0.3 is 6.03 Å². The molecule has 27 heavy (non-hydrogen) atoms. The molecule has 0 aromatic heterocycles. The van der Waals surface area contributed by atoms with Crippen molar-refractivity contribution in [2.75, 3.05) is 13.2 Å². The maximum absolute atomic E-state index is 12.4. The molecule has 2 atom stereocenters. The molecule has 0 fully saturated rings. The third kappa shape index (κ3) is 5.04. The van der Waals surface area contributed by atoms with Crippen LogP contribution in [0.3, 0.4) is 0 Å². The van der Waals surface area contributed by atoms with Gasteiger partial charge in [0.1, 0.15) is 12.7 Å². The van der Waals surface area contributed by atoms with Crippen LogP contribution in [0.15, 0.2) is 48.5 Å². The second kappa shape index (κ2) is 8.64. The molecule has 142 valence electrons. The summed E-state index contributed by atoms with van der Waals surface area (Å²) >= 11 is 6.17. The van der Waals surface area contributed by atoms with Gasteiger partial charge in [-0.3, -0.25) is 4.79 Å². The molecule has 4 N–H and O–H groups in total. The molecule has 0 saturated heterocycles. The van der Waals surface area contributed by atoms with E-state index in [1.54, 1.807) is 24.3 Å². The van der Waals surface area contributed by atoms with E-state index < -0.39 is 12.1 Å². The van der Waals surface area contributed by atoms with E-state index in [1.165, 1.54) is 0 Å². The second-order valence-corrected chi connectivity index (χ2v) is 6.50. The molecule has 0 spiro atoms. The van der Waals surface area contributed by atoms with Gasteiger partial charge in [-0.05, 0) is 23.8 Å². The van der Waals surface area contributed by atoms with E-state index in [0.717, 1.165) is 0 Å². The number of ether oxygens (including phenoxy) is 2. The maximum atomic E-state index is 12.4. The van der Waals surface area contributed by atoms with Crippen LogP contribution in [-0.2, 0) is 4.79 Å². The number of amides is 3. The Hall–Kier alpha value is -2.93. The van der Waals surface area contributed by atoms with Crippen molar-refractivity contribution >= 4 is 23.5 Å². The number of hydrogen-bond acceptors (Lipinski definition) is 4. The number of halogens is 1. The monoisotopic (exact) mass is 389 g/mol. The quantitative estimate of drug-likeness (QED) is 0.705. The highest BCUT2D eigenvalue weighted by molar-refractivity contribution is 6.31. The molecule has 3 rings (SSSR count). The predicted molar refractivity (Wildman–Crippen MR) is 101 cm³/mol. The van der Waals surface area contributed by atoms with Gasteiger partial charge < -0.3 is 25.8 Å². The lowest BCUT2D eigenvalue weighted by Gasteiger charge is -2.27. The average molecular weight is 390 g/mol. The Bertz CT molecular complexity index is 830. The van der Waals surface area contributed by atoms with Gasteiger partial charge in [0.15, 0.2) is 11.5 Å². The maximum Gasteiger partial charge on any atom is 0.312 e. The summed E-state index contributed by atoms with van der Waals surface area (Å²) in [5.74, 6) is 1.06. The van der Waals surface area contributed by atoms with Crippen molar-refractivity contribution in [3.05, 3.63) is 59.1 Å². The van der Waals surface area contributed by atoms with Crippen molar-refractivity contribution in [3.63, 3.8) is 0 Å². The van der Waals surface area contributed by atoms with Gasteiger partial charge in [-0.2, -0.15) is 0 Å². The topological polar surface area (TPSA) is 103 Å². The molecule has 2 aromatic carbocycles. The van der Waals surface area contributed by atoms with Crippen molar-refractivity contribution in [3.8, 4) is 11.5 Å². The lowest BCUT2D eigenvalue weighted by molar-refractivity contribution is -0.122. The Morgan fingerprint density at radius 3 is 2.59 bits per heavy atom. The van der Waals surface area contributed by atoms with Crippen molar-refractivity contribution in [1.29, 1.82) is 0 Å². The zero-order valence-corrected chi connectivity index (χ0v) is 15.2. The van der Waals surface area contributed by atoms with E-state index in [9.17, 15) is 9.59 Å². The standard InChI is InChI=1S/C19H20ClN3O4/c20-14-6-2-1-5-13(14)15(23-19(21)25)9-18(24)22-10-12-11-26-16-7-3-4-8-17(16)27-12/h1-8,12,15H,9-11H2,(H,22,24)(H3,21,23,25)/t12-,15+/m0/s1. The van der Waals surface area contributed by atoms with Gasteiger partial charge in [0, 0.05) is 5.02 Å². The smallest absolute Gasteiger partial charge is 0.312 e. The van der Waals surface area contributed by atoms with Crippen molar-refractivity contribution < 1.29 is 19.1 Å². The fourth-order valence-electron chi connectivity index (χ4n) is 2.82. The molecular formula is C19H20ClN3O4. The highest BCUT2D eigenvalue weighted by Gasteiger charge is 2.23. The Morgan fingerprint density at radius 1 is 1.15 bits per heavy atom. The predicted octanol–water partition coefficient (Wildman–Crippen LogP) is 2.40. The summed E-state index contributed by atoms with van der Waals surface area (Å²) in [5.41, 5.74) is 5.86. The summed E-state index contributed by atoms with van der Waals surface area (Å²) in [6, 6.07) is 13.0. The summed E-state index contributed by atoms with van der Waals surface area (Å²) < 4.78 is 11.4. The molecule has 2 aromatic rings. The van der Waals surface area contributed by atoms with Gasteiger partial charge in [0.05, 0.1) is 19.0 Å². The lowest BCUT2D eigenvalue weighted by Crippen LogP contribution is -2.42. The summed E-state index contributed by atoms with van der Waals surface area (Å²) in [5, 5.41) is 5.80. The number of hydrogen-bond donors (Lipinski definition) is 3. The number of rotatable bonds is 6. The fraction of sp³-hybridized carbons (Fsp3) is 0.263. The summed E-state index contributed by atoms with van der Waals surface area (Å²) in [7, 11) is 0. The number of carbonyl (C=O) groups excluding carboxylic acids is 2. The molecule has 3 amide bonds. The minimum Gasteiger partial charge on any atom is -0.486 e. The van der Waals surface area contributed by atoms with Crippen molar-refractivity contribution in [1.82, 2.24) is 10.6 Å². The molecule has 0 saturated carbocycles. The Morgan fingerprint density at radius 2 is 1.85 bits per heavy atom. The third-order valence-electron chi connectivity index (χ3n) is 4.08. The van der Waals surface area contributed by atoms with Gasteiger partial charge in [-0.25, -0.2) is 4.79 Å². The first-order valence-corrected chi connectivity index (χ1v) is 8.86. The Labute approximate surface area is 161 Å². The van der Waals surface area contributed by atoms with Gasteiger partial charge in [-0.1, -0.05) is 41.9 Å². The molecule has 0 unspecified atom stereocenters. The molecule has 1 aliphatic rings. The van der Waals surface area contributed by atoms with Gasteiger partial charge in [0.25, 0.3) is 0 Å². The van der Waals surface area contributed by atoms with Crippen LogP contribution in [0.25, 0.3) is 0 Å². The average Bonchev–Trinajstić information content (AvgIpc) is 2.66. The summed E-state index contributed by atoms with van der Waals surface area (Å²) in [4.78, 5) is 23.7. The first kappa shape index (κ1) is 18.8. The minimum atomic E-state index is -0.728. The number of carbonyl (C=O) groups is 2. The summed E-state index contributed by atoms with van der Waals surface area (Å²) in [6.45, 7) is 0.615. The van der Waals surface area contributed by atoms with Gasteiger partial charge in [0.2, 0.25) is 5.91 Å². The van der Waals surface area contributed by atoms with E-state index in [2.05, 4.69) is 10.6 Å².